The first kappa shape index (κ1) is 21.7. The van der Waals surface area contributed by atoms with Crippen LogP contribution < -0.4 is 5.32 Å². The summed E-state index contributed by atoms with van der Waals surface area (Å²) in [5, 5.41) is 13.2. The van der Waals surface area contributed by atoms with Crippen molar-refractivity contribution in [2.24, 2.45) is 11.8 Å². The minimum atomic E-state index is -0.512. The number of non-ortho nitro benzene ring substituents is 1. The van der Waals surface area contributed by atoms with Gasteiger partial charge in [-0.3, -0.25) is 19.7 Å². The quantitative estimate of drug-likeness (QED) is 0.324. The van der Waals surface area contributed by atoms with E-state index in [0.29, 0.717) is 30.5 Å². The minimum Gasteiger partial charge on any atom is -0.342 e. The van der Waals surface area contributed by atoms with E-state index in [1.165, 1.54) is 24.3 Å². The Bertz CT molecular complexity index is 662. The van der Waals surface area contributed by atoms with Gasteiger partial charge < -0.3 is 10.2 Å². The zero-order chi connectivity index (χ0) is 19.9. The predicted molar refractivity (Wildman–Crippen MR) is 104 cm³/mol. The van der Waals surface area contributed by atoms with E-state index in [2.05, 4.69) is 5.32 Å². The van der Waals surface area contributed by atoms with Gasteiger partial charge in [0.05, 0.1) is 4.92 Å². The second-order valence-electron chi connectivity index (χ2n) is 6.94. The van der Waals surface area contributed by atoms with Crippen LogP contribution in [0, 0.1) is 22.0 Å². The van der Waals surface area contributed by atoms with Crippen molar-refractivity contribution in [1.82, 2.24) is 10.2 Å². The summed E-state index contributed by atoms with van der Waals surface area (Å²) in [5.41, 5.74) is 0.420. The predicted octanol–water partition coefficient (Wildman–Crippen LogP) is 2.92. The molecule has 0 atom stereocenters. The lowest BCUT2D eigenvalue weighted by molar-refractivity contribution is -0.384. The van der Waals surface area contributed by atoms with Crippen LogP contribution in [0.15, 0.2) is 24.3 Å². The Kier molecular flexibility index (Phi) is 8.31. The van der Waals surface area contributed by atoms with Crippen molar-refractivity contribution in [3.8, 4) is 0 Å². The fourth-order valence-electron chi connectivity index (χ4n) is 2.39. The molecule has 142 valence electrons. The van der Waals surface area contributed by atoms with Crippen molar-refractivity contribution < 1.29 is 14.5 Å². The average molecular weight is 379 g/mol. The molecule has 0 unspecified atom stereocenters. The second-order valence-corrected chi connectivity index (χ2v) is 7.35. The summed E-state index contributed by atoms with van der Waals surface area (Å²) in [7, 11) is 0. The first-order valence-electron chi connectivity index (χ1n) is 8.46. The molecular weight excluding hydrogens is 354 g/mol. The van der Waals surface area contributed by atoms with Gasteiger partial charge in [-0.1, -0.05) is 39.9 Å². The maximum absolute atomic E-state index is 12.4. The van der Waals surface area contributed by atoms with Crippen molar-refractivity contribution >= 4 is 34.7 Å². The minimum absolute atomic E-state index is 0.0592. The van der Waals surface area contributed by atoms with Crippen molar-refractivity contribution in [3.63, 3.8) is 0 Å². The van der Waals surface area contributed by atoms with E-state index in [0.717, 1.165) is 0 Å². The SMILES string of the molecule is CC(C)CN(CC(C)C)C(=O)CC(=O)NC(=S)c1ccc([N+](=O)[O-])cc1. The second kappa shape index (κ2) is 9.96. The Morgan fingerprint density at radius 3 is 2.04 bits per heavy atom. The standard InChI is InChI=1S/C18H25N3O4S/c1-12(2)10-20(11-13(3)4)17(23)9-16(22)19-18(26)14-5-7-15(8-6-14)21(24)25/h5-8,12-13H,9-11H2,1-4H3,(H,19,22,26). The molecule has 0 saturated carbocycles. The van der Waals surface area contributed by atoms with Gasteiger partial charge in [0.15, 0.2) is 0 Å². The van der Waals surface area contributed by atoms with Crippen LogP contribution in [0.2, 0.25) is 0 Å². The number of hydrogen-bond acceptors (Lipinski definition) is 5. The van der Waals surface area contributed by atoms with Crippen molar-refractivity contribution in [2.75, 3.05) is 13.1 Å². The van der Waals surface area contributed by atoms with Crippen LogP contribution in [0.5, 0.6) is 0 Å². The molecule has 1 aromatic rings. The molecule has 26 heavy (non-hydrogen) atoms. The van der Waals surface area contributed by atoms with Gasteiger partial charge >= 0.3 is 0 Å². The molecule has 0 aromatic heterocycles. The number of hydrogen-bond donors (Lipinski definition) is 1. The summed E-state index contributed by atoms with van der Waals surface area (Å²) in [6.07, 6.45) is -0.285. The largest absolute Gasteiger partial charge is 0.342 e. The highest BCUT2D eigenvalue weighted by Crippen LogP contribution is 2.12. The van der Waals surface area contributed by atoms with Gasteiger partial charge in [-0.25, -0.2) is 0 Å². The van der Waals surface area contributed by atoms with Gasteiger partial charge in [0.25, 0.3) is 5.69 Å². The number of amides is 2. The Morgan fingerprint density at radius 1 is 1.12 bits per heavy atom. The number of nitro groups is 1. The number of carbonyl (C=O) groups excluding carboxylic acids is 2. The molecule has 7 nitrogen and oxygen atoms in total. The molecule has 0 aliphatic rings. The fraction of sp³-hybridized carbons (Fsp3) is 0.500. The molecular formula is C18H25N3O4S. The number of nitrogens with zero attached hydrogens (tertiary/aromatic N) is 2. The highest BCUT2D eigenvalue weighted by molar-refractivity contribution is 7.80. The first-order chi connectivity index (χ1) is 12.1. The third-order valence-corrected chi connectivity index (χ3v) is 3.77. The van der Waals surface area contributed by atoms with Crippen LogP contribution in [-0.2, 0) is 9.59 Å². The molecule has 0 aliphatic carbocycles. The van der Waals surface area contributed by atoms with Crippen LogP contribution in [-0.4, -0.2) is 39.7 Å². The lowest BCUT2D eigenvalue weighted by Crippen LogP contribution is -2.40. The van der Waals surface area contributed by atoms with E-state index in [-0.39, 0.29) is 23.0 Å². The topological polar surface area (TPSA) is 92.6 Å². The van der Waals surface area contributed by atoms with Gasteiger partial charge in [0.1, 0.15) is 11.4 Å². The normalized spacial score (nSPS) is 10.7. The van der Waals surface area contributed by atoms with E-state index >= 15 is 0 Å². The highest BCUT2D eigenvalue weighted by Gasteiger charge is 2.20. The Balaban J connectivity index is 2.66. The Labute approximate surface area is 158 Å². The third kappa shape index (κ3) is 7.26. The summed E-state index contributed by atoms with van der Waals surface area (Å²) < 4.78 is 0. The molecule has 1 aromatic carbocycles. The molecule has 0 spiro atoms. The van der Waals surface area contributed by atoms with E-state index in [1.807, 2.05) is 27.7 Å². The molecule has 0 aliphatic heterocycles. The van der Waals surface area contributed by atoms with Gasteiger partial charge in [0, 0.05) is 30.8 Å². The lowest BCUT2D eigenvalue weighted by Gasteiger charge is -2.26. The number of rotatable bonds is 8. The van der Waals surface area contributed by atoms with Crippen LogP contribution in [0.25, 0.3) is 0 Å². The third-order valence-electron chi connectivity index (χ3n) is 3.43. The van der Waals surface area contributed by atoms with Crippen molar-refractivity contribution in [3.05, 3.63) is 39.9 Å². The molecule has 0 radical (unpaired) electrons. The summed E-state index contributed by atoms with van der Waals surface area (Å²) in [4.78, 5) is 36.5. The Morgan fingerprint density at radius 2 is 1.62 bits per heavy atom. The fourth-order valence-corrected chi connectivity index (χ4v) is 2.64. The van der Waals surface area contributed by atoms with E-state index < -0.39 is 10.8 Å². The number of nitro benzene ring substituents is 1. The zero-order valence-electron chi connectivity index (χ0n) is 15.5. The average Bonchev–Trinajstić information content (AvgIpc) is 2.53. The number of carbonyl (C=O) groups is 2. The molecule has 1 N–H and O–H groups in total. The zero-order valence-corrected chi connectivity index (χ0v) is 16.3. The maximum Gasteiger partial charge on any atom is 0.269 e. The van der Waals surface area contributed by atoms with Crippen molar-refractivity contribution in [2.45, 2.75) is 34.1 Å². The van der Waals surface area contributed by atoms with Gasteiger partial charge in [-0.2, -0.15) is 0 Å². The van der Waals surface area contributed by atoms with E-state index in [9.17, 15) is 19.7 Å². The van der Waals surface area contributed by atoms with E-state index in [1.54, 1.807) is 4.90 Å². The smallest absolute Gasteiger partial charge is 0.269 e. The summed E-state index contributed by atoms with van der Waals surface area (Å²) in [6.45, 7) is 9.26. The summed E-state index contributed by atoms with van der Waals surface area (Å²) in [5.74, 6) is -0.115. The molecule has 0 bridgehead atoms. The van der Waals surface area contributed by atoms with E-state index in [4.69, 9.17) is 12.2 Å². The van der Waals surface area contributed by atoms with Crippen LogP contribution >= 0.6 is 12.2 Å². The van der Waals surface area contributed by atoms with Gasteiger partial charge in [-0.15, -0.1) is 0 Å². The molecule has 0 fully saturated rings. The van der Waals surface area contributed by atoms with Crippen LogP contribution in [0.1, 0.15) is 39.7 Å². The van der Waals surface area contributed by atoms with Gasteiger partial charge in [0.2, 0.25) is 11.8 Å². The van der Waals surface area contributed by atoms with Crippen molar-refractivity contribution in [1.29, 1.82) is 0 Å². The highest BCUT2D eigenvalue weighted by atomic mass is 32.1. The molecule has 8 heteroatoms. The maximum atomic E-state index is 12.4. The molecule has 0 heterocycles. The number of thiocarbonyl (C=S) groups is 1. The monoisotopic (exact) mass is 379 g/mol. The number of benzene rings is 1. The number of nitrogens with one attached hydrogen (secondary N) is 1. The lowest BCUT2D eigenvalue weighted by atomic mass is 10.1. The Hall–Kier alpha value is -2.35. The molecule has 1 rings (SSSR count). The molecule has 0 saturated heterocycles. The summed E-state index contributed by atoms with van der Waals surface area (Å²) >= 11 is 5.14. The first-order valence-corrected chi connectivity index (χ1v) is 8.87. The summed E-state index contributed by atoms with van der Waals surface area (Å²) in [6, 6.07) is 5.55. The van der Waals surface area contributed by atoms with Crippen LogP contribution in [0.3, 0.4) is 0 Å². The van der Waals surface area contributed by atoms with Crippen LogP contribution in [0.4, 0.5) is 5.69 Å². The van der Waals surface area contributed by atoms with Gasteiger partial charge in [-0.05, 0) is 24.0 Å². The molecule has 2 amide bonds.